The molecule has 4 heteroatoms. The molecule has 0 aromatic heterocycles. The summed E-state index contributed by atoms with van der Waals surface area (Å²) in [6.07, 6.45) is 5.07. The van der Waals surface area contributed by atoms with Crippen LogP contribution in [0.3, 0.4) is 0 Å². The van der Waals surface area contributed by atoms with E-state index in [1.165, 1.54) is 19.3 Å². The minimum atomic E-state index is -0.390. The van der Waals surface area contributed by atoms with Crippen LogP contribution >= 0.6 is 0 Å². The van der Waals surface area contributed by atoms with Crippen molar-refractivity contribution >= 4 is 5.97 Å². The first-order valence-corrected chi connectivity index (χ1v) is 6.79. The molecule has 17 heavy (non-hydrogen) atoms. The minimum Gasteiger partial charge on any atom is -0.464 e. The van der Waals surface area contributed by atoms with Gasteiger partial charge < -0.3 is 14.8 Å². The number of piperidine rings is 1. The van der Waals surface area contributed by atoms with Crippen LogP contribution in [0, 0.1) is 0 Å². The van der Waals surface area contributed by atoms with E-state index in [4.69, 9.17) is 9.47 Å². The van der Waals surface area contributed by atoms with Crippen LogP contribution in [0.5, 0.6) is 0 Å². The standard InChI is InChI=1S/C13H25NO3/c1-3-12(13(15)16-4-2)17-10-8-11-7-5-6-9-14-11/h11-12,14H,3-10H2,1-2H3. The van der Waals surface area contributed by atoms with Crippen molar-refractivity contribution in [3.05, 3.63) is 0 Å². The van der Waals surface area contributed by atoms with Gasteiger partial charge in [-0.05, 0) is 39.2 Å². The summed E-state index contributed by atoms with van der Waals surface area (Å²) in [5.41, 5.74) is 0. The Bertz CT molecular complexity index is 215. The van der Waals surface area contributed by atoms with Gasteiger partial charge in [0.25, 0.3) is 0 Å². The van der Waals surface area contributed by atoms with E-state index >= 15 is 0 Å². The van der Waals surface area contributed by atoms with Gasteiger partial charge in [-0.25, -0.2) is 4.79 Å². The summed E-state index contributed by atoms with van der Waals surface area (Å²) in [4.78, 5) is 11.5. The molecular weight excluding hydrogens is 218 g/mol. The average molecular weight is 243 g/mol. The van der Waals surface area contributed by atoms with Gasteiger partial charge in [0, 0.05) is 12.6 Å². The molecule has 1 aliphatic rings. The number of carbonyl (C=O) groups excluding carboxylic acids is 1. The first-order chi connectivity index (χ1) is 8.27. The normalized spacial score (nSPS) is 22.1. The van der Waals surface area contributed by atoms with E-state index in [0.29, 0.717) is 25.7 Å². The van der Waals surface area contributed by atoms with E-state index in [9.17, 15) is 4.79 Å². The number of rotatable bonds is 7. The van der Waals surface area contributed by atoms with E-state index < -0.39 is 6.10 Å². The van der Waals surface area contributed by atoms with Crippen LogP contribution in [0.1, 0.15) is 46.0 Å². The zero-order valence-electron chi connectivity index (χ0n) is 11.0. The zero-order chi connectivity index (χ0) is 12.5. The number of esters is 1. The molecule has 0 aromatic carbocycles. The second-order valence-electron chi connectivity index (χ2n) is 4.46. The van der Waals surface area contributed by atoms with Crippen LogP contribution in [-0.2, 0) is 14.3 Å². The minimum absolute atomic E-state index is 0.230. The highest BCUT2D eigenvalue weighted by atomic mass is 16.6. The summed E-state index contributed by atoms with van der Waals surface area (Å²) >= 11 is 0. The van der Waals surface area contributed by atoms with Crippen molar-refractivity contribution in [3.8, 4) is 0 Å². The summed E-state index contributed by atoms with van der Waals surface area (Å²) in [6, 6.07) is 0.559. The fourth-order valence-electron chi connectivity index (χ4n) is 2.11. The Morgan fingerprint density at radius 1 is 1.41 bits per heavy atom. The third kappa shape index (κ3) is 5.50. The predicted octanol–water partition coefficient (Wildman–Crippen LogP) is 1.88. The lowest BCUT2D eigenvalue weighted by molar-refractivity contribution is -0.157. The quantitative estimate of drug-likeness (QED) is 0.694. The van der Waals surface area contributed by atoms with Crippen molar-refractivity contribution in [2.45, 2.75) is 58.1 Å². The third-order valence-electron chi connectivity index (χ3n) is 3.12. The Balaban J connectivity index is 2.16. The molecule has 1 saturated heterocycles. The summed E-state index contributed by atoms with van der Waals surface area (Å²) in [6.45, 7) is 5.93. The maximum Gasteiger partial charge on any atom is 0.335 e. The summed E-state index contributed by atoms with van der Waals surface area (Å²) in [5.74, 6) is -0.230. The Morgan fingerprint density at radius 3 is 2.82 bits per heavy atom. The Morgan fingerprint density at radius 2 is 2.24 bits per heavy atom. The van der Waals surface area contributed by atoms with Crippen molar-refractivity contribution in [1.82, 2.24) is 5.32 Å². The second kappa shape index (κ2) is 8.48. The van der Waals surface area contributed by atoms with Gasteiger partial charge in [0.15, 0.2) is 6.10 Å². The van der Waals surface area contributed by atoms with E-state index in [2.05, 4.69) is 5.32 Å². The monoisotopic (exact) mass is 243 g/mol. The van der Waals surface area contributed by atoms with E-state index in [-0.39, 0.29) is 5.97 Å². The van der Waals surface area contributed by atoms with Gasteiger partial charge in [-0.1, -0.05) is 13.3 Å². The van der Waals surface area contributed by atoms with Gasteiger partial charge in [-0.15, -0.1) is 0 Å². The van der Waals surface area contributed by atoms with Gasteiger partial charge in [-0.2, -0.15) is 0 Å². The fraction of sp³-hybridized carbons (Fsp3) is 0.923. The second-order valence-corrected chi connectivity index (χ2v) is 4.46. The van der Waals surface area contributed by atoms with Crippen LogP contribution < -0.4 is 5.32 Å². The van der Waals surface area contributed by atoms with Crippen LogP contribution in [-0.4, -0.2) is 37.9 Å². The molecular formula is C13H25NO3. The van der Waals surface area contributed by atoms with Crippen LogP contribution in [0.4, 0.5) is 0 Å². The molecule has 0 amide bonds. The molecule has 1 aliphatic heterocycles. The van der Waals surface area contributed by atoms with Gasteiger partial charge in [0.1, 0.15) is 0 Å². The lowest BCUT2D eigenvalue weighted by atomic mass is 10.0. The number of hydrogen-bond donors (Lipinski definition) is 1. The van der Waals surface area contributed by atoms with Gasteiger partial charge >= 0.3 is 5.97 Å². The highest BCUT2D eigenvalue weighted by Gasteiger charge is 2.19. The highest BCUT2D eigenvalue weighted by Crippen LogP contribution is 2.11. The van der Waals surface area contributed by atoms with Crippen molar-refractivity contribution in [2.75, 3.05) is 19.8 Å². The molecule has 1 heterocycles. The van der Waals surface area contributed by atoms with Crippen LogP contribution in [0.15, 0.2) is 0 Å². The van der Waals surface area contributed by atoms with Crippen molar-refractivity contribution < 1.29 is 14.3 Å². The molecule has 100 valence electrons. The topological polar surface area (TPSA) is 47.6 Å². The molecule has 1 fully saturated rings. The summed E-state index contributed by atoms with van der Waals surface area (Å²) < 4.78 is 10.6. The molecule has 1 N–H and O–H groups in total. The largest absolute Gasteiger partial charge is 0.464 e. The molecule has 0 aromatic rings. The third-order valence-corrected chi connectivity index (χ3v) is 3.12. The van der Waals surface area contributed by atoms with Crippen LogP contribution in [0.25, 0.3) is 0 Å². The Kier molecular flexibility index (Phi) is 7.21. The zero-order valence-corrected chi connectivity index (χ0v) is 11.0. The molecule has 4 nitrogen and oxygen atoms in total. The molecule has 0 radical (unpaired) electrons. The summed E-state index contributed by atoms with van der Waals surface area (Å²) in [7, 11) is 0. The SMILES string of the molecule is CCOC(=O)C(CC)OCCC1CCCCN1. The average Bonchev–Trinajstić information content (AvgIpc) is 2.36. The molecule has 2 unspecified atom stereocenters. The lowest BCUT2D eigenvalue weighted by Crippen LogP contribution is -2.35. The number of hydrogen-bond acceptors (Lipinski definition) is 4. The molecule has 0 spiro atoms. The first-order valence-electron chi connectivity index (χ1n) is 6.79. The first kappa shape index (κ1) is 14.5. The summed E-state index contributed by atoms with van der Waals surface area (Å²) in [5, 5.41) is 3.47. The Hall–Kier alpha value is -0.610. The molecule has 0 bridgehead atoms. The molecule has 0 aliphatic carbocycles. The smallest absolute Gasteiger partial charge is 0.335 e. The predicted molar refractivity (Wildman–Crippen MR) is 66.9 cm³/mol. The van der Waals surface area contributed by atoms with Gasteiger partial charge in [0.2, 0.25) is 0 Å². The molecule has 1 rings (SSSR count). The fourth-order valence-corrected chi connectivity index (χ4v) is 2.11. The molecule has 2 atom stereocenters. The van der Waals surface area contributed by atoms with E-state index in [0.717, 1.165) is 13.0 Å². The number of nitrogens with one attached hydrogen (secondary N) is 1. The van der Waals surface area contributed by atoms with Gasteiger partial charge in [-0.3, -0.25) is 0 Å². The van der Waals surface area contributed by atoms with Crippen molar-refractivity contribution in [3.63, 3.8) is 0 Å². The number of ether oxygens (including phenoxy) is 2. The van der Waals surface area contributed by atoms with Gasteiger partial charge in [0.05, 0.1) is 6.61 Å². The number of carbonyl (C=O) groups is 1. The van der Waals surface area contributed by atoms with E-state index in [1.807, 2.05) is 13.8 Å². The highest BCUT2D eigenvalue weighted by molar-refractivity contribution is 5.74. The van der Waals surface area contributed by atoms with Crippen LogP contribution in [0.2, 0.25) is 0 Å². The van der Waals surface area contributed by atoms with E-state index in [1.54, 1.807) is 0 Å². The lowest BCUT2D eigenvalue weighted by Gasteiger charge is -2.24. The molecule has 0 saturated carbocycles. The van der Waals surface area contributed by atoms with Crippen molar-refractivity contribution in [1.29, 1.82) is 0 Å². The van der Waals surface area contributed by atoms with Crippen molar-refractivity contribution in [2.24, 2.45) is 0 Å². The maximum absolute atomic E-state index is 11.5. The Labute approximate surface area is 104 Å². The maximum atomic E-state index is 11.5.